The third kappa shape index (κ3) is 4.10. The quantitative estimate of drug-likeness (QED) is 0.215. The van der Waals surface area contributed by atoms with E-state index in [1.165, 1.54) is 5.56 Å². The Balaban J connectivity index is 1.55. The van der Waals surface area contributed by atoms with Crippen molar-refractivity contribution < 1.29 is 0 Å². The van der Waals surface area contributed by atoms with Crippen LogP contribution in [0.1, 0.15) is 28.3 Å². The lowest BCUT2D eigenvalue weighted by molar-refractivity contribution is 1.31. The number of fused-ring (bicyclic) bond motifs is 8. The van der Waals surface area contributed by atoms with Crippen molar-refractivity contribution >= 4 is 52.1 Å². The van der Waals surface area contributed by atoms with Gasteiger partial charge in [-0.25, -0.2) is 9.97 Å². The molecule has 0 atom stereocenters. The van der Waals surface area contributed by atoms with E-state index in [2.05, 4.69) is 89.7 Å². The molecule has 5 heteroatoms. The second-order valence-electron chi connectivity index (χ2n) is 9.73. The van der Waals surface area contributed by atoms with Crippen LogP contribution in [-0.2, 0) is 0 Å². The van der Waals surface area contributed by atoms with Crippen molar-refractivity contribution in [1.82, 2.24) is 19.9 Å². The fraction of sp³-hybridized carbons (Fsp3) is 0.0303. The molecule has 38 heavy (non-hydrogen) atoms. The average Bonchev–Trinajstić information content (AvgIpc) is 3.71. The van der Waals surface area contributed by atoms with Crippen LogP contribution in [0.5, 0.6) is 0 Å². The molecule has 0 fully saturated rings. The molecule has 0 unspecified atom stereocenters. The summed E-state index contributed by atoms with van der Waals surface area (Å²) >= 11 is 0. The van der Waals surface area contributed by atoms with Gasteiger partial charge in [0.25, 0.3) is 0 Å². The Morgan fingerprint density at radius 2 is 1.24 bits per heavy atom. The normalized spacial score (nSPS) is 12.2. The van der Waals surface area contributed by atoms with Crippen LogP contribution in [-0.4, -0.2) is 19.9 Å². The van der Waals surface area contributed by atoms with E-state index in [1.807, 2.05) is 36.4 Å². The number of benzene rings is 2. The van der Waals surface area contributed by atoms with Crippen LogP contribution in [0.15, 0.2) is 84.9 Å². The highest BCUT2D eigenvalue weighted by molar-refractivity contribution is 5.92. The molecular formula is C33H25N5. The summed E-state index contributed by atoms with van der Waals surface area (Å²) < 4.78 is 0. The molecule has 4 N–H and O–H groups in total. The predicted molar refractivity (Wildman–Crippen MR) is 159 cm³/mol. The van der Waals surface area contributed by atoms with E-state index < -0.39 is 0 Å². The number of hydrogen-bond acceptors (Lipinski definition) is 3. The molecule has 5 nitrogen and oxygen atoms in total. The zero-order valence-corrected chi connectivity index (χ0v) is 20.9. The number of anilines is 1. The molecule has 0 saturated heterocycles. The van der Waals surface area contributed by atoms with E-state index in [0.717, 1.165) is 72.8 Å². The Labute approximate surface area is 220 Å². The smallest absolute Gasteiger partial charge is 0.0736 e. The zero-order valence-electron chi connectivity index (χ0n) is 20.9. The van der Waals surface area contributed by atoms with Gasteiger partial charge in [-0.05, 0) is 90.9 Å². The Kier molecular flexibility index (Phi) is 5.08. The van der Waals surface area contributed by atoms with Gasteiger partial charge in [-0.1, -0.05) is 42.0 Å². The maximum atomic E-state index is 5.95. The molecule has 0 spiro atoms. The van der Waals surface area contributed by atoms with Crippen molar-refractivity contribution in [3.05, 3.63) is 113 Å². The Morgan fingerprint density at radius 3 is 2.05 bits per heavy atom. The Morgan fingerprint density at radius 1 is 0.579 bits per heavy atom. The summed E-state index contributed by atoms with van der Waals surface area (Å²) in [6.45, 7) is 2.10. The first kappa shape index (κ1) is 22.1. The molecule has 8 bridgehead atoms. The number of nitrogen functional groups attached to an aromatic ring is 1. The molecule has 5 aromatic rings. The highest BCUT2D eigenvalue weighted by Crippen LogP contribution is 2.31. The lowest BCUT2D eigenvalue weighted by atomic mass is 10.0. The number of nitrogens with zero attached hydrogens (tertiary/aromatic N) is 2. The van der Waals surface area contributed by atoms with Crippen molar-refractivity contribution in [2.75, 3.05) is 5.73 Å². The van der Waals surface area contributed by atoms with Crippen molar-refractivity contribution in [3.63, 3.8) is 0 Å². The summed E-state index contributed by atoms with van der Waals surface area (Å²) in [5.74, 6) is 0. The molecule has 3 aromatic heterocycles. The molecule has 5 heterocycles. The minimum Gasteiger partial charge on any atom is -0.399 e. The van der Waals surface area contributed by atoms with Gasteiger partial charge in [-0.2, -0.15) is 0 Å². The van der Waals surface area contributed by atoms with E-state index in [0.29, 0.717) is 0 Å². The third-order valence-electron chi connectivity index (χ3n) is 6.91. The van der Waals surface area contributed by atoms with Gasteiger partial charge in [0, 0.05) is 38.9 Å². The van der Waals surface area contributed by atoms with Gasteiger partial charge < -0.3 is 15.7 Å². The predicted octanol–water partition coefficient (Wildman–Crippen LogP) is 7.88. The van der Waals surface area contributed by atoms with Crippen molar-refractivity contribution in [3.8, 4) is 22.3 Å². The summed E-state index contributed by atoms with van der Waals surface area (Å²) in [4.78, 5) is 17.0. The first-order valence-electron chi connectivity index (χ1n) is 12.6. The second kappa shape index (κ2) is 8.75. The molecule has 2 aliphatic rings. The highest BCUT2D eigenvalue weighted by atomic mass is 14.8. The number of aromatic nitrogens is 4. The van der Waals surface area contributed by atoms with Crippen molar-refractivity contribution in [2.24, 2.45) is 0 Å². The lowest BCUT2D eigenvalue weighted by Crippen LogP contribution is -1.85. The molecule has 0 aliphatic carbocycles. The summed E-state index contributed by atoms with van der Waals surface area (Å²) in [6.07, 6.45) is 8.23. The van der Waals surface area contributed by atoms with Crippen LogP contribution in [0.25, 0.3) is 68.6 Å². The van der Waals surface area contributed by atoms with E-state index in [-0.39, 0.29) is 0 Å². The van der Waals surface area contributed by atoms with E-state index in [9.17, 15) is 0 Å². The Bertz CT molecular complexity index is 1920. The number of nitrogens with two attached hydrogens (primary N) is 1. The molecule has 0 saturated carbocycles. The maximum absolute atomic E-state index is 5.95. The van der Waals surface area contributed by atoms with Gasteiger partial charge in [0.15, 0.2) is 0 Å². The van der Waals surface area contributed by atoms with E-state index >= 15 is 0 Å². The van der Waals surface area contributed by atoms with Crippen molar-refractivity contribution in [1.29, 1.82) is 0 Å². The minimum absolute atomic E-state index is 0.742. The minimum atomic E-state index is 0.742. The van der Waals surface area contributed by atoms with E-state index in [4.69, 9.17) is 15.7 Å². The maximum Gasteiger partial charge on any atom is 0.0736 e. The van der Waals surface area contributed by atoms with Crippen LogP contribution < -0.4 is 5.73 Å². The summed E-state index contributed by atoms with van der Waals surface area (Å²) in [5.41, 5.74) is 19.8. The van der Waals surface area contributed by atoms with Crippen LogP contribution in [0.4, 0.5) is 5.69 Å². The lowest BCUT2D eigenvalue weighted by Gasteiger charge is -2.04. The first-order valence-corrected chi connectivity index (χ1v) is 12.6. The molecule has 0 amide bonds. The number of aromatic amines is 2. The number of aryl methyl sites for hydroxylation is 1. The van der Waals surface area contributed by atoms with Gasteiger partial charge in [0.1, 0.15) is 0 Å². The molecule has 182 valence electrons. The fourth-order valence-electron chi connectivity index (χ4n) is 5.01. The number of H-pyrrole nitrogens is 2. The second-order valence-corrected chi connectivity index (χ2v) is 9.73. The number of hydrogen-bond donors (Lipinski definition) is 3. The monoisotopic (exact) mass is 491 g/mol. The van der Waals surface area contributed by atoms with Crippen LogP contribution in [0.3, 0.4) is 0 Å². The van der Waals surface area contributed by atoms with Crippen LogP contribution in [0.2, 0.25) is 0 Å². The number of rotatable bonds is 2. The summed E-state index contributed by atoms with van der Waals surface area (Å²) in [7, 11) is 0. The molecule has 7 rings (SSSR count). The molecule has 2 aromatic carbocycles. The van der Waals surface area contributed by atoms with Crippen molar-refractivity contribution in [2.45, 2.75) is 6.92 Å². The summed E-state index contributed by atoms with van der Waals surface area (Å²) in [6, 6.07) is 29.1. The first-order chi connectivity index (χ1) is 18.6. The largest absolute Gasteiger partial charge is 0.399 e. The standard InChI is InChI=1S/C33H25N5/c1-20-2-4-22(5-3-20)33-30-14-12-25(36-30)16-24-10-11-27(35-24)19-32-29(21-6-8-23(34)9-7-21)18-28(38-32)17-26-13-15-31(33)37-26/h2-19,36,38H,34H2,1H3. The zero-order chi connectivity index (χ0) is 25.6. The van der Waals surface area contributed by atoms with Gasteiger partial charge in [-0.3, -0.25) is 0 Å². The molecular weight excluding hydrogens is 466 g/mol. The fourth-order valence-corrected chi connectivity index (χ4v) is 5.01. The highest BCUT2D eigenvalue weighted by Gasteiger charge is 2.12. The summed E-state index contributed by atoms with van der Waals surface area (Å²) in [5, 5.41) is 0. The topological polar surface area (TPSA) is 83.4 Å². The average molecular weight is 492 g/mol. The molecule has 2 aliphatic heterocycles. The van der Waals surface area contributed by atoms with Crippen LogP contribution >= 0.6 is 0 Å². The van der Waals surface area contributed by atoms with Crippen LogP contribution in [0, 0.1) is 6.92 Å². The van der Waals surface area contributed by atoms with Gasteiger partial charge >= 0.3 is 0 Å². The third-order valence-corrected chi connectivity index (χ3v) is 6.91. The Hall–Kier alpha value is -5.16. The van der Waals surface area contributed by atoms with E-state index in [1.54, 1.807) is 0 Å². The van der Waals surface area contributed by atoms with Gasteiger partial charge in [0.05, 0.1) is 22.8 Å². The molecule has 0 radical (unpaired) electrons. The number of nitrogens with one attached hydrogen (secondary N) is 2. The van der Waals surface area contributed by atoms with Gasteiger partial charge in [0.2, 0.25) is 0 Å². The van der Waals surface area contributed by atoms with Gasteiger partial charge in [-0.15, -0.1) is 0 Å². The SMILES string of the molecule is Cc1ccc(-c2c3nc(cc4cc(-c5ccc(N)cc5)c(cc5nc(cc6ccc2[nH]6)C=C5)[nH]4)C=C3)cc1.